The van der Waals surface area contributed by atoms with Crippen LogP contribution in [0.25, 0.3) is 10.2 Å². The van der Waals surface area contributed by atoms with Crippen LogP contribution in [0.4, 0.5) is 11.5 Å². The van der Waals surface area contributed by atoms with E-state index in [2.05, 4.69) is 4.98 Å². The van der Waals surface area contributed by atoms with Gasteiger partial charge in [-0.25, -0.2) is 13.4 Å². The van der Waals surface area contributed by atoms with Gasteiger partial charge in [0, 0.05) is 26.1 Å². The molecule has 0 radical (unpaired) electrons. The van der Waals surface area contributed by atoms with Gasteiger partial charge in [-0.3, -0.25) is 4.79 Å². The Bertz CT molecular complexity index is 891. The van der Waals surface area contributed by atoms with Crippen molar-refractivity contribution >= 4 is 48.7 Å². The van der Waals surface area contributed by atoms with Gasteiger partial charge in [0.2, 0.25) is 0 Å². The summed E-state index contributed by atoms with van der Waals surface area (Å²) in [6, 6.07) is 1.77. The fourth-order valence-electron chi connectivity index (χ4n) is 2.71. The molecule has 130 valence electrons. The van der Waals surface area contributed by atoms with Gasteiger partial charge in [0.15, 0.2) is 15.6 Å². The van der Waals surface area contributed by atoms with Crippen LogP contribution in [0, 0.1) is 0 Å². The maximum absolute atomic E-state index is 11.7. The number of pyridine rings is 1. The quantitative estimate of drug-likeness (QED) is 0.819. The van der Waals surface area contributed by atoms with E-state index in [9.17, 15) is 13.2 Å². The van der Waals surface area contributed by atoms with Crippen LogP contribution in [0.1, 0.15) is 23.5 Å². The highest BCUT2D eigenvalue weighted by molar-refractivity contribution is 7.91. The molecule has 2 N–H and O–H groups in total. The lowest BCUT2D eigenvalue weighted by Crippen LogP contribution is -2.40. The molecule has 0 unspecified atom stereocenters. The maximum Gasteiger partial charge on any atom is 0.171 e. The van der Waals surface area contributed by atoms with Gasteiger partial charge in [-0.15, -0.1) is 11.3 Å². The van der Waals surface area contributed by atoms with Crippen LogP contribution in [0.15, 0.2) is 6.07 Å². The molecule has 0 amide bonds. The molecule has 2 aromatic rings. The highest BCUT2D eigenvalue weighted by atomic mass is 32.2. The molecule has 9 heteroatoms. The van der Waals surface area contributed by atoms with E-state index in [1.807, 2.05) is 11.8 Å². The number of carbonyl (C=O) groups is 1. The van der Waals surface area contributed by atoms with Crippen molar-refractivity contribution in [3.63, 3.8) is 0 Å². The van der Waals surface area contributed by atoms with Crippen molar-refractivity contribution in [1.82, 2.24) is 4.98 Å². The lowest BCUT2D eigenvalue weighted by Gasteiger charge is -2.28. The fraction of sp³-hybridized carbons (Fsp3) is 0.467. The van der Waals surface area contributed by atoms with Crippen molar-refractivity contribution in [3.8, 4) is 5.75 Å². The summed E-state index contributed by atoms with van der Waals surface area (Å²) >= 11 is 1.24. The minimum absolute atomic E-state index is 0.108. The molecule has 1 fully saturated rings. The molecule has 3 heterocycles. The number of hydrogen-bond donors (Lipinski definition) is 1. The Morgan fingerprint density at radius 2 is 2.08 bits per heavy atom. The molecular formula is C15H19N3O4S2. The average molecular weight is 369 g/mol. The summed E-state index contributed by atoms with van der Waals surface area (Å²) < 4.78 is 28.9. The van der Waals surface area contributed by atoms with Crippen LogP contribution in [0.3, 0.4) is 0 Å². The summed E-state index contributed by atoms with van der Waals surface area (Å²) in [4.78, 5) is 19.4. The van der Waals surface area contributed by atoms with Gasteiger partial charge >= 0.3 is 0 Å². The van der Waals surface area contributed by atoms with E-state index in [1.165, 1.54) is 18.3 Å². The van der Waals surface area contributed by atoms with Gasteiger partial charge < -0.3 is 15.4 Å². The van der Waals surface area contributed by atoms with Gasteiger partial charge in [0.05, 0.1) is 34.1 Å². The van der Waals surface area contributed by atoms with Gasteiger partial charge in [-0.05, 0) is 6.92 Å². The molecule has 1 saturated heterocycles. The van der Waals surface area contributed by atoms with Crippen molar-refractivity contribution < 1.29 is 17.9 Å². The number of nitrogens with two attached hydrogens (primary N) is 1. The zero-order valence-corrected chi connectivity index (χ0v) is 15.2. The molecule has 24 heavy (non-hydrogen) atoms. The summed E-state index contributed by atoms with van der Waals surface area (Å²) in [5, 5.41) is 0.653. The van der Waals surface area contributed by atoms with E-state index < -0.39 is 9.84 Å². The summed E-state index contributed by atoms with van der Waals surface area (Å²) in [6.45, 7) is 4.59. The van der Waals surface area contributed by atoms with E-state index in [1.54, 1.807) is 6.07 Å². The highest BCUT2D eigenvalue weighted by Crippen LogP contribution is 2.40. The first-order valence-corrected chi connectivity index (χ1v) is 10.3. The largest absolute Gasteiger partial charge is 0.493 e. The Balaban J connectivity index is 2.09. The second-order valence-electron chi connectivity index (χ2n) is 5.63. The number of fused-ring (bicyclic) bond motifs is 1. The van der Waals surface area contributed by atoms with E-state index in [-0.39, 0.29) is 17.3 Å². The third-order valence-corrected chi connectivity index (χ3v) is 6.75. The van der Waals surface area contributed by atoms with Crippen LogP contribution < -0.4 is 15.4 Å². The number of ketones is 1. The third kappa shape index (κ3) is 3.05. The van der Waals surface area contributed by atoms with Crippen molar-refractivity contribution in [2.45, 2.75) is 13.8 Å². The SMILES string of the molecule is CCOc1cc(N2CCS(=O)(=O)CC2)nc2sc(C(C)=O)c(N)c12. The second-order valence-corrected chi connectivity index (χ2v) is 8.93. The number of rotatable bonds is 4. The van der Waals surface area contributed by atoms with Crippen LogP contribution in [0.2, 0.25) is 0 Å². The number of nitrogen functional groups attached to an aromatic ring is 1. The normalized spacial score (nSPS) is 17.2. The summed E-state index contributed by atoms with van der Waals surface area (Å²) in [5.74, 6) is 1.34. The molecule has 1 aliphatic rings. The zero-order valence-electron chi connectivity index (χ0n) is 13.5. The van der Waals surface area contributed by atoms with E-state index in [0.717, 1.165) is 0 Å². The molecule has 7 nitrogen and oxygen atoms in total. The Labute approximate surface area is 144 Å². The van der Waals surface area contributed by atoms with Crippen molar-refractivity contribution in [1.29, 1.82) is 0 Å². The Kier molecular flexibility index (Phi) is 4.39. The molecule has 0 atom stereocenters. The molecule has 0 bridgehead atoms. The smallest absolute Gasteiger partial charge is 0.171 e. The number of hydrogen-bond acceptors (Lipinski definition) is 8. The number of thiophene rings is 1. The number of anilines is 2. The minimum Gasteiger partial charge on any atom is -0.493 e. The van der Waals surface area contributed by atoms with Crippen LogP contribution in [-0.2, 0) is 9.84 Å². The lowest BCUT2D eigenvalue weighted by molar-refractivity contribution is 0.102. The minimum atomic E-state index is -2.96. The molecule has 0 spiro atoms. The van der Waals surface area contributed by atoms with Crippen LogP contribution in [0.5, 0.6) is 5.75 Å². The first-order valence-electron chi connectivity index (χ1n) is 7.64. The number of sulfone groups is 1. The lowest BCUT2D eigenvalue weighted by atomic mass is 10.2. The molecule has 2 aromatic heterocycles. The molecule has 0 aliphatic carbocycles. The maximum atomic E-state index is 11.7. The highest BCUT2D eigenvalue weighted by Gasteiger charge is 2.25. The second kappa shape index (κ2) is 6.21. The number of nitrogens with zero attached hydrogens (tertiary/aromatic N) is 2. The summed E-state index contributed by atoms with van der Waals surface area (Å²) in [7, 11) is -2.96. The topological polar surface area (TPSA) is 103 Å². The Morgan fingerprint density at radius 1 is 1.42 bits per heavy atom. The van der Waals surface area contributed by atoms with Crippen molar-refractivity contribution in [3.05, 3.63) is 10.9 Å². The molecule has 0 saturated carbocycles. The predicted octanol–water partition coefficient (Wildman–Crippen LogP) is 1.71. The first-order chi connectivity index (χ1) is 11.3. The van der Waals surface area contributed by atoms with E-state index >= 15 is 0 Å². The first kappa shape index (κ1) is 17.0. The molecule has 0 aromatic carbocycles. The van der Waals surface area contributed by atoms with Crippen LogP contribution in [-0.4, -0.2) is 50.4 Å². The van der Waals surface area contributed by atoms with Gasteiger partial charge in [-0.1, -0.05) is 0 Å². The average Bonchev–Trinajstić information content (AvgIpc) is 2.85. The number of ether oxygens (including phenoxy) is 1. The standard InChI is InChI=1S/C15H19N3O4S2/c1-3-22-10-8-11(18-4-6-24(20,21)7-5-18)17-15-12(10)13(16)14(23-15)9(2)19/h8H,3-7,16H2,1-2H3. The Hall–Kier alpha value is -1.87. The van der Waals surface area contributed by atoms with Crippen LogP contribution >= 0.6 is 11.3 Å². The van der Waals surface area contributed by atoms with Crippen molar-refractivity contribution in [2.75, 3.05) is 41.8 Å². The Morgan fingerprint density at radius 3 is 2.67 bits per heavy atom. The molecule has 3 rings (SSSR count). The fourth-order valence-corrected chi connectivity index (χ4v) is 4.91. The molecular weight excluding hydrogens is 350 g/mol. The zero-order chi connectivity index (χ0) is 17.5. The number of carbonyl (C=O) groups excluding carboxylic acids is 1. The van der Waals surface area contributed by atoms with Gasteiger partial charge in [0.1, 0.15) is 16.4 Å². The van der Waals surface area contributed by atoms with Gasteiger partial charge in [0.25, 0.3) is 0 Å². The van der Waals surface area contributed by atoms with E-state index in [0.29, 0.717) is 52.0 Å². The molecule has 1 aliphatic heterocycles. The van der Waals surface area contributed by atoms with Gasteiger partial charge in [-0.2, -0.15) is 0 Å². The van der Waals surface area contributed by atoms with Crippen molar-refractivity contribution in [2.24, 2.45) is 0 Å². The monoisotopic (exact) mass is 369 g/mol. The van der Waals surface area contributed by atoms with E-state index in [4.69, 9.17) is 10.5 Å². The number of aromatic nitrogens is 1. The summed E-state index contributed by atoms with van der Waals surface area (Å²) in [5.41, 5.74) is 6.51. The third-order valence-electron chi connectivity index (χ3n) is 3.94. The number of Topliss-reactive ketones (excluding diaryl/α,β-unsaturated/α-hetero) is 1. The summed E-state index contributed by atoms with van der Waals surface area (Å²) in [6.07, 6.45) is 0. The predicted molar refractivity (Wildman–Crippen MR) is 96.1 cm³/mol.